The monoisotopic (exact) mass is 824 g/mol. The van der Waals surface area contributed by atoms with Gasteiger partial charge in [0.2, 0.25) is 11.8 Å². The number of aryl methyl sites for hydroxylation is 2. The maximum atomic E-state index is 13.2. The summed E-state index contributed by atoms with van der Waals surface area (Å²) in [5.74, 6) is -0.532. The van der Waals surface area contributed by atoms with Gasteiger partial charge in [0.05, 0.1) is 11.1 Å². The molecule has 0 saturated heterocycles. The van der Waals surface area contributed by atoms with Crippen LogP contribution in [0.5, 0.6) is 0 Å². The van der Waals surface area contributed by atoms with Crippen LogP contribution in [0.2, 0.25) is 0 Å². The predicted octanol–water partition coefficient (Wildman–Crippen LogP) is 10.6. The Morgan fingerprint density at radius 2 is 0.883 bits per heavy atom. The molecule has 6 nitrogen and oxygen atoms in total. The fourth-order valence-corrected chi connectivity index (χ4v) is 6.40. The lowest BCUT2D eigenvalue weighted by molar-refractivity contribution is -0.138. The minimum Gasteiger partial charge on any atom is -0.316 e. The molecule has 6 aromatic carbocycles. The molecule has 60 heavy (non-hydrogen) atoms. The number of alkyl halides is 6. The number of nitrogens with zero attached hydrogens (tertiary/aromatic N) is 2. The topological polar surface area (TPSA) is 92.7 Å². The van der Waals surface area contributed by atoms with Gasteiger partial charge in [-0.25, -0.2) is 0 Å². The van der Waals surface area contributed by atoms with E-state index in [1.807, 2.05) is 98.8 Å². The van der Waals surface area contributed by atoms with Crippen LogP contribution in [-0.4, -0.2) is 24.9 Å². The van der Waals surface area contributed by atoms with Gasteiger partial charge >= 0.3 is 12.4 Å². The first-order chi connectivity index (χ1) is 28.5. The van der Waals surface area contributed by atoms with Crippen molar-refractivity contribution in [1.29, 1.82) is 0 Å². The number of amides is 2. The van der Waals surface area contributed by atoms with Gasteiger partial charge < -0.3 is 21.3 Å². The molecule has 0 saturated carbocycles. The Kier molecular flexibility index (Phi) is 15.1. The van der Waals surface area contributed by atoms with Crippen molar-refractivity contribution in [3.05, 3.63) is 202 Å². The second-order valence-corrected chi connectivity index (χ2v) is 14.3. The van der Waals surface area contributed by atoms with Crippen molar-refractivity contribution < 1.29 is 35.9 Å². The normalized spacial score (nSPS) is 12.4. The molecule has 0 heterocycles. The molecule has 2 atom stereocenters. The summed E-state index contributed by atoms with van der Waals surface area (Å²) in [6.07, 6.45) is -7.94. The van der Waals surface area contributed by atoms with Crippen LogP contribution in [0, 0.1) is 13.8 Å². The van der Waals surface area contributed by atoms with Crippen LogP contribution in [0.15, 0.2) is 158 Å². The molecule has 312 valence electrons. The summed E-state index contributed by atoms with van der Waals surface area (Å²) in [5, 5.41) is 0. The second kappa shape index (κ2) is 20.1. The van der Waals surface area contributed by atoms with E-state index in [0.717, 1.165) is 35.4 Å². The Labute approximate surface area is 346 Å². The van der Waals surface area contributed by atoms with Crippen molar-refractivity contribution in [2.75, 3.05) is 22.9 Å². The van der Waals surface area contributed by atoms with Gasteiger partial charge in [-0.2, -0.15) is 26.3 Å². The second-order valence-electron chi connectivity index (χ2n) is 14.3. The van der Waals surface area contributed by atoms with Gasteiger partial charge in [0.1, 0.15) is 12.1 Å². The third-order valence-electron chi connectivity index (χ3n) is 9.85. The van der Waals surface area contributed by atoms with Crippen molar-refractivity contribution in [3.63, 3.8) is 0 Å². The molecule has 0 aliphatic rings. The zero-order chi connectivity index (χ0) is 43.5. The van der Waals surface area contributed by atoms with Crippen molar-refractivity contribution in [1.82, 2.24) is 0 Å². The molecule has 0 spiro atoms. The quantitative estimate of drug-likeness (QED) is 0.120. The number of halogens is 6. The molecule has 0 bridgehead atoms. The highest BCUT2D eigenvalue weighted by molar-refractivity contribution is 5.98. The summed E-state index contributed by atoms with van der Waals surface area (Å²) >= 11 is 0. The van der Waals surface area contributed by atoms with Crippen LogP contribution in [-0.2, 0) is 34.8 Å². The third-order valence-corrected chi connectivity index (χ3v) is 9.85. The molecule has 6 aromatic rings. The molecule has 4 N–H and O–H groups in total. The fourth-order valence-electron chi connectivity index (χ4n) is 6.40. The molecule has 0 fully saturated rings. The molecule has 0 aromatic heterocycles. The molecule has 0 aliphatic carbocycles. The van der Waals surface area contributed by atoms with Crippen LogP contribution in [0.3, 0.4) is 0 Å². The van der Waals surface area contributed by atoms with E-state index in [1.54, 1.807) is 34.1 Å². The average molecular weight is 825 g/mol. The Morgan fingerprint density at radius 1 is 0.483 bits per heavy atom. The first-order valence-corrected chi connectivity index (χ1v) is 19.2. The molecule has 12 heteroatoms. The zero-order valence-corrected chi connectivity index (χ0v) is 33.1. The van der Waals surface area contributed by atoms with E-state index in [9.17, 15) is 35.9 Å². The van der Waals surface area contributed by atoms with Gasteiger partial charge in [0.25, 0.3) is 0 Å². The first kappa shape index (κ1) is 44.9. The smallest absolute Gasteiger partial charge is 0.316 e. The minimum atomic E-state index is -4.37. The Morgan fingerprint density at radius 3 is 1.27 bits per heavy atom. The Bertz CT molecular complexity index is 2280. The van der Waals surface area contributed by atoms with Crippen LogP contribution in [0.1, 0.15) is 56.6 Å². The number of hydrogen-bond acceptors (Lipinski definition) is 4. The number of nitrogens with two attached hydrogens (primary N) is 2. The van der Waals surface area contributed by atoms with Crippen LogP contribution < -0.4 is 21.3 Å². The van der Waals surface area contributed by atoms with Crippen molar-refractivity contribution in [2.24, 2.45) is 11.5 Å². The summed E-state index contributed by atoms with van der Waals surface area (Å²) in [6.45, 7) is 4.48. The molecular formula is C48H46F6N4O2. The van der Waals surface area contributed by atoms with E-state index in [1.165, 1.54) is 24.3 Å². The lowest BCUT2D eigenvalue weighted by Gasteiger charge is -2.26. The van der Waals surface area contributed by atoms with E-state index >= 15 is 0 Å². The van der Waals surface area contributed by atoms with Crippen LogP contribution >= 0.6 is 0 Å². The number of benzene rings is 6. The number of carbonyl (C=O) groups excluding carboxylic acids is 2. The van der Waals surface area contributed by atoms with Gasteiger partial charge in [0.15, 0.2) is 0 Å². The summed E-state index contributed by atoms with van der Waals surface area (Å²) in [6, 6.07) is 41.5. The summed E-state index contributed by atoms with van der Waals surface area (Å²) < 4.78 is 76.7. The number of carbonyl (C=O) groups is 2. The van der Waals surface area contributed by atoms with E-state index in [2.05, 4.69) is 0 Å². The molecule has 0 aliphatic heterocycles. The van der Waals surface area contributed by atoms with Gasteiger partial charge in [-0.05, 0) is 103 Å². The van der Waals surface area contributed by atoms with Gasteiger partial charge in [-0.15, -0.1) is 0 Å². The molecule has 2 unspecified atom stereocenters. The van der Waals surface area contributed by atoms with Crippen molar-refractivity contribution >= 4 is 23.2 Å². The third kappa shape index (κ3) is 12.4. The highest BCUT2D eigenvalue weighted by Gasteiger charge is 2.31. The molecule has 0 radical (unpaired) electrons. The minimum absolute atomic E-state index is 0.265. The number of anilines is 2. The van der Waals surface area contributed by atoms with E-state index < -0.39 is 35.6 Å². The van der Waals surface area contributed by atoms with Gasteiger partial charge in [-0.3, -0.25) is 9.59 Å². The molecule has 2 amide bonds. The SMILES string of the molecule is Cc1ccc(N(CCc2ccc(C(F)(F)F)cc2)C(=O)C(N)c2ccccc2)cc1.Cc1cccc(N(CCc2ccc(C(F)(F)F)cc2)C(=O)C(N)c2ccccc2)c1. The largest absolute Gasteiger partial charge is 0.416 e. The Hall–Kier alpha value is -6.24. The lowest BCUT2D eigenvalue weighted by atomic mass is 10.0. The number of rotatable bonds is 12. The maximum Gasteiger partial charge on any atom is 0.416 e. The highest BCUT2D eigenvalue weighted by Crippen LogP contribution is 2.31. The predicted molar refractivity (Wildman–Crippen MR) is 224 cm³/mol. The zero-order valence-electron chi connectivity index (χ0n) is 33.1. The standard InChI is InChI=1S/2C24H23F3N2O/c1-17-6-5-9-21(16-17)29(23(30)22(28)19-7-3-2-4-8-19)15-14-18-10-12-20(13-11-18)24(25,26)27;1-17-7-13-21(14-8-17)29(23(30)22(28)19-5-3-2-4-6-19)16-15-18-9-11-20(12-10-18)24(25,26)27/h2-13,16,22H,14-15,28H2,1H3;2-14,22H,15-16,28H2,1H3. The maximum absolute atomic E-state index is 13.2. The van der Waals surface area contributed by atoms with Gasteiger partial charge in [-0.1, -0.05) is 115 Å². The Balaban J connectivity index is 0.000000228. The highest BCUT2D eigenvalue weighted by atomic mass is 19.4. The summed E-state index contributed by atoms with van der Waals surface area (Å²) in [7, 11) is 0. The number of hydrogen-bond donors (Lipinski definition) is 2. The van der Waals surface area contributed by atoms with E-state index in [4.69, 9.17) is 11.5 Å². The fraction of sp³-hybridized carbons (Fsp3) is 0.208. The van der Waals surface area contributed by atoms with Crippen molar-refractivity contribution in [3.8, 4) is 0 Å². The molecule has 6 rings (SSSR count). The van der Waals surface area contributed by atoms with Gasteiger partial charge in [0, 0.05) is 24.5 Å². The average Bonchev–Trinajstić information content (AvgIpc) is 3.24. The lowest BCUT2D eigenvalue weighted by Crippen LogP contribution is -2.40. The van der Waals surface area contributed by atoms with E-state index in [0.29, 0.717) is 59.6 Å². The first-order valence-electron chi connectivity index (χ1n) is 19.2. The van der Waals surface area contributed by atoms with Crippen molar-refractivity contribution in [2.45, 2.75) is 51.1 Å². The van der Waals surface area contributed by atoms with E-state index in [-0.39, 0.29) is 11.8 Å². The summed E-state index contributed by atoms with van der Waals surface area (Å²) in [5.41, 5.74) is 17.4. The molecular weight excluding hydrogens is 779 g/mol. The van der Waals surface area contributed by atoms with Crippen LogP contribution in [0.25, 0.3) is 0 Å². The van der Waals surface area contributed by atoms with Crippen LogP contribution in [0.4, 0.5) is 37.7 Å². The summed E-state index contributed by atoms with van der Waals surface area (Å²) in [4.78, 5) is 29.6.